The van der Waals surface area contributed by atoms with Gasteiger partial charge in [-0.05, 0) is 11.6 Å². The highest BCUT2D eigenvalue weighted by molar-refractivity contribution is 6.26. The molecule has 19 heavy (non-hydrogen) atoms. The normalized spacial score (nSPS) is 14.1. The molecule has 0 fully saturated rings. The number of oxime groups is 1. The summed E-state index contributed by atoms with van der Waals surface area (Å²) in [4.78, 5) is 11.7. The first kappa shape index (κ1) is 11.4. The lowest BCUT2D eigenvalue weighted by Gasteiger charge is -2.06. The molecule has 2 aromatic carbocycles. The Balaban J connectivity index is 2.37. The molecular formula is C14H10N2O3. The predicted octanol–water partition coefficient (Wildman–Crippen LogP) is 2.01. The van der Waals surface area contributed by atoms with Crippen molar-refractivity contribution in [1.29, 1.82) is 0 Å². The van der Waals surface area contributed by atoms with E-state index in [1.165, 1.54) is 0 Å². The van der Waals surface area contributed by atoms with E-state index in [9.17, 15) is 10.0 Å². The molecule has 3 N–H and O–H groups in total. The van der Waals surface area contributed by atoms with E-state index in [4.69, 9.17) is 5.21 Å². The maximum Gasteiger partial charge on any atom is 0.275 e. The van der Waals surface area contributed by atoms with Crippen LogP contribution >= 0.6 is 0 Å². The molecule has 0 heterocycles. The highest BCUT2D eigenvalue weighted by Gasteiger charge is 2.28. The van der Waals surface area contributed by atoms with Gasteiger partial charge in [0, 0.05) is 16.7 Å². The van der Waals surface area contributed by atoms with E-state index in [0.29, 0.717) is 22.4 Å². The zero-order chi connectivity index (χ0) is 13.4. The van der Waals surface area contributed by atoms with E-state index in [1.807, 2.05) is 24.3 Å². The van der Waals surface area contributed by atoms with E-state index >= 15 is 0 Å². The molecule has 1 amide bonds. The predicted molar refractivity (Wildman–Crippen MR) is 68.6 cm³/mol. The van der Waals surface area contributed by atoms with Crippen molar-refractivity contribution in [2.75, 3.05) is 0 Å². The third-order valence-electron chi connectivity index (χ3n) is 3.22. The number of hydroxylamine groups is 1. The van der Waals surface area contributed by atoms with Crippen molar-refractivity contribution >= 4 is 11.6 Å². The number of carbonyl (C=O) groups excluding carboxylic acids is 1. The molecule has 3 rings (SSSR count). The molecule has 0 unspecified atom stereocenters. The lowest BCUT2D eigenvalue weighted by Crippen LogP contribution is -2.19. The Morgan fingerprint density at radius 2 is 1.68 bits per heavy atom. The first-order chi connectivity index (χ1) is 9.27. The van der Waals surface area contributed by atoms with Gasteiger partial charge >= 0.3 is 0 Å². The Morgan fingerprint density at radius 1 is 1.00 bits per heavy atom. The van der Waals surface area contributed by atoms with Crippen LogP contribution in [0.4, 0.5) is 0 Å². The van der Waals surface area contributed by atoms with Gasteiger partial charge in [-0.1, -0.05) is 41.6 Å². The zero-order valence-corrected chi connectivity index (χ0v) is 9.79. The fourth-order valence-corrected chi connectivity index (χ4v) is 2.45. The number of nitrogens with one attached hydrogen (secondary N) is 1. The van der Waals surface area contributed by atoms with Gasteiger partial charge in [-0.2, -0.15) is 0 Å². The maximum absolute atomic E-state index is 11.7. The van der Waals surface area contributed by atoms with Crippen LogP contribution in [-0.2, 0) is 0 Å². The standard InChI is InChI=1S/C14H10N2O3/c17-14(16-19)11-7-3-6-10-12(11)8-4-1-2-5-9(8)13(10)15-18/h1-7,18-19H,(H,16,17)/b15-13+. The molecule has 1 aliphatic carbocycles. The van der Waals surface area contributed by atoms with Crippen LogP contribution in [0.25, 0.3) is 11.1 Å². The molecule has 0 saturated carbocycles. The van der Waals surface area contributed by atoms with Gasteiger partial charge in [-0.25, -0.2) is 5.48 Å². The van der Waals surface area contributed by atoms with Crippen LogP contribution in [0.2, 0.25) is 0 Å². The summed E-state index contributed by atoms with van der Waals surface area (Å²) in [6, 6.07) is 12.4. The van der Waals surface area contributed by atoms with Gasteiger partial charge in [-0.15, -0.1) is 0 Å². The summed E-state index contributed by atoms with van der Waals surface area (Å²) >= 11 is 0. The molecule has 0 aromatic heterocycles. The van der Waals surface area contributed by atoms with Gasteiger partial charge in [0.15, 0.2) is 0 Å². The number of amides is 1. The van der Waals surface area contributed by atoms with Crippen LogP contribution in [0.15, 0.2) is 47.6 Å². The van der Waals surface area contributed by atoms with Gasteiger partial charge in [0.1, 0.15) is 5.71 Å². The second kappa shape index (κ2) is 4.22. The largest absolute Gasteiger partial charge is 0.410 e. The van der Waals surface area contributed by atoms with E-state index in [1.54, 1.807) is 23.7 Å². The molecule has 2 aromatic rings. The summed E-state index contributed by atoms with van der Waals surface area (Å²) in [7, 11) is 0. The van der Waals surface area contributed by atoms with Crippen LogP contribution in [0.5, 0.6) is 0 Å². The van der Waals surface area contributed by atoms with Crippen molar-refractivity contribution in [3.05, 3.63) is 59.2 Å². The molecule has 0 atom stereocenters. The van der Waals surface area contributed by atoms with Crippen molar-refractivity contribution < 1.29 is 15.2 Å². The topological polar surface area (TPSA) is 81.9 Å². The lowest BCUT2D eigenvalue weighted by molar-refractivity contribution is 0.0707. The minimum Gasteiger partial charge on any atom is -0.410 e. The first-order valence-corrected chi connectivity index (χ1v) is 5.67. The van der Waals surface area contributed by atoms with Crippen molar-refractivity contribution in [3.63, 3.8) is 0 Å². The average molecular weight is 254 g/mol. The number of carbonyl (C=O) groups is 1. The number of nitrogens with zero attached hydrogens (tertiary/aromatic N) is 1. The van der Waals surface area contributed by atoms with Gasteiger partial charge < -0.3 is 5.21 Å². The molecule has 0 saturated heterocycles. The summed E-state index contributed by atoms with van der Waals surface area (Å²) in [5.74, 6) is -0.592. The third kappa shape index (κ3) is 1.52. The maximum atomic E-state index is 11.7. The second-order valence-corrected chi connectivity index (χ2v) is 4.16. The molecule has 0 aliphatic heterocycles. The summed E-state index contributed by atoms with van der Waals surface area (Å²) in [5.41, 5.74) is 5.31. The van der Waals surface area contributed by atoms with E-state index in [-0.39, 0.29) is 0 Å². The van der Waals surface area contributed by atoms with Crippen LogP contribution < -0.4 is 5.48 Å². The fraction of sp³-hybridized carbons (Fsp3) is 0. The Hall–Kier alpha value is -2.66. The highest BCUT2D eigenvalue weighted by atomic mass is 16.5. The monoisotopic (exact) mass is 254 g/mol. The molecule has 5 nitrogen and oxygen atoms in total. The summed E-state index contributed by atoms with van der Waals surface area (Å²) < 4.78 is 0. The molecular weight excluding hydrogens is 244 g/mol. The Labute approximate surface area is 108 Å². The van der Waals surface area contributed by atoms with Crippen molar-refractivity contribution in [1.82, 2.24) is 5.48 Å². The number of hydrogen-bond acceptors (Lipinski definition) is 4. The van der Waals surface area contributed by atoms with Crippen LogP contribution in [0, 0.1) is 0 Å². The van der Waals surface area contributed by atoms with Gasteiger partial charge in [0.05, 0.1) is 5.56 Å². The molecule has 1 aliphatic rings. The summed E-state index contributed by atoms with van der Waals surface area (Å²) in [6.07, 6.45) is 0. The minimum absolute atomic E-state index is 0.339. The molecule has 0 radical (unpaired) electrons. The Bertz CT molecular complexity index is 708. The van der Waals surface area contributed by atoms with Crippen LogP contribution in [0.3, 0.4) is 0 Å². The third-order valence-corrected chi connectivity index (χ3v) is 3.22. The minimum atomic E-state index is -0.592. The SMILES string of the molecule is O=C(NO)c1cccc2c1-c1ccccc1/C2=N\O. The fourth-order valence-electron chi connectivity index (χ4n) is 2.45. The second-order valence-electron chi connectivity index (χ2n) is 4.16. The van der Waals surface area contributed by atoms with E-state index in [0.717, 1.165) is 11.1 Å². The summed E-state index contributed by atoms with van der Waals surface area (Å²) in [5, 5.41) is 21.3. The van der Waals surface area contributed by atoms with Crippen LogP contribution in [-0.4, -0.2) is 22.0 Å². The van der Waals surface area contributed by atoms with E-state index in [2.05, 4.69) is 5.16 Å². The molecule has 0 bridgehead atoms. The zero-order valence-electron chi connectivity index (χ0n) is 9.79. The number of hydrogen-bond donors (Lipinski definition) is 3. The molecule has 94 valence electrons. The van der Waals surface area contributed by atoms with Crippen LogP contribution in [0.1, 0.15) is 21.5 Å². The van der Waals surface area contributed by atoms with Crippen molar-refractivity contribution in [2.45, 2.75) is 0 Å². The Kier molecular flexibility index (Phi) is 2.54. The number of benzene rings is 2. The first-order valence-electron chi connectivity index (χ1n) is 5.67. The molecule has 5 heteroatoms. The highest BCUT2D eigenvalue weighted by Crippen LogP contribution is 2.39. The van der Waals surface area contributed by atoms with Gasteiger partial charge in [0.2, 0.25) is 0 Å². The van der Waals surface area contributed by atoms with Gasteiger partial charge in [0.25, 0.3) is 5.91 Å². The quantitative estimate of drug-likeness (QED) is 0.353. The average Bonchev–Trinajstić information content (AvgIpc) is 2.80. The van der Waals surface area contributed by atoms with Gasteiger partial charge in [-0.3, -0.25) is 10.0 Å². The van der Waals surface area contributed by atoms with Crippen molar-refractivity contribution in [2.24, 2.45) is 5.16 Å². The summed E-state index contributed by atoms with van der Waals surface area (Å²) in [6.45, 7) is 0. The van der Waals surface area contributed by atoms with E-state index < -0.39 is 5.91 Å². The molecule has 0 spiro atoms. The number of fused-ring (bicyclic) bond motifs is 3. The number of rotatable bonds is 1. The Morgan fingerprint density at radius 3 is 2.37 bits per heavy atom. The van der Waals surface area contributed by atoms with Crippen molar-refractivity contribution in [3.8, 4) is 11.1 Å². The smallest absolute Gasteiger partial charge is 0.275 e. The lowest BCUT2D eigenvalue weighted by atomic mass is 9.99.